The molecule has 1 aliphatic heterocycles. The van der Waals surface area contributed by atoms with Gasteiger partial charge in [-0.05, 0) is 37.0 Å². The van der Waals surface area contributed by atoms with Crippen molar-refractivity contribution >= 4 is 16.1 Å². The monoisotopic (exact) mass is 482 g/mol. The van der Waals surface area contributed by atoms with E-state index in [0.29, 0.717) is 50.6 Å². The second-order valence-corrected chi connectivity index (χ2v) is 10.8. The Hall–Kier alpha value is -1.88. The van der Waals surface area contributed by atoms with Crippen molar-refractivity contribution in [3.63, 3.8) is 0 Å². The summed E-state index contributed by atoms with van der Waals surface area (Å²) in [6.45, 7) is 2.74. The summed E-state index contributed by atoms with van der Waals surface area (Å²) in [5, 5.41) is 2.95. The molecule has 0 radical (unpaired) electrons. The van der Waals surface area contributed by atoms with Gasteiger partial charge in [-0.1, -0.05) is 25.3 Å². The van der Waals surface area contributed by atoms with Gasteiger partial charge in [-0.2, -0.15) is 17.0 Å². The van der Waals surface area contributed by atoms with Crippen LogP contribution in [0.5, 0.6) is 11.5 Å². The summed E-state index contributed by atoms with van der Waals surface area (Å²) in [6.07, 6.45) is 5.96. The Bertz CT molecular complexity index is 881. The SMILES string of the molecule is COc1ccc(CCNC(=O)CN2CCN(S(=O)(=O)N(C)C3CCCCC3)CC2)cc1OC. The van der Waals surface area contributed by atoms with Crippen LogP contribution in [0.15, 0.2) is 18.2 Å². The third-order valence-electron chi connectivity index (χ3n) is 6.66. The van der Waals surface area contributed by atoms with Crippen molar-refractivity contribution in [1.82, 2.24) is 18.8 Å². The van der Waals surface area contributed by atoms with Crippen LogP contribution in [-0.2, 0) is 21.4 Å². The minimum Gasteiger partial charge on any atom is -0.493 e. The largest absolute Gasteiger partial charge is 0.493 e. The summed E-state index contributed by atoms with van der Waals surface area (Å²) in [7, 11) is 1.46. The number of benzene rings is 1. The highest BCUT2D eigenvalue weighted by Gasteiger charge is 2.34. The number of piperazine rings is 1. The molecule has 1 aromatic carbocycles. The summed E-state index contributed by atoms with van der Waals surface area (Å²) < 4.78 is 39.7. The normalized spacial score (nSPS) is 18.9. The van der Waals surface area contributed by atoms with Crippen LogP contribution in [0.3, 0.4) is 0 Å². The van der Waals surface area contributed by atoms with Gasteiger partial charge in [0.1, 0.15) is 0 Å². The second kappa shape index (κ2) is 12.0. The van der Waals surface area contributed by atoms with Gasteiger partial charge in [0.25, 0.3) is 10.2 Å². The number of ether oxygens (including phenoxy) is 2. The van der Waals surface area contributed by atoms with Crippen molar-refractivity contribution in [3.05, 3.63) is 23.8 Å². The molecule has 1 aliphatic carbocycles. The molecule has 186 valence electrons. The Morgan fingerprint density at radius 2 is 1.73 bits per heavy atom. The van der Waals surface area contributed by atoms with Crippen molar-refractivity contribution < 1.29 is 22.7 Å². The molecule has 9 nitrogen and oxygen atoms in total. The lowest BCUT2D eigenvalue weighted by Gasteiger charge is -2.38. The summed E-state index contributed by atoms with van der Waals surface area (Å²) in [5.41, 5.74) is 1.05. The predicted octanol–water partition coefficient (Wildman–Crippen LogP) is 1.49. The van der Waals surface area contributed by atoms with Gasteiger partial charge in [0.15, 0.2) is 11.5 Å². The van der Waals surface area contributed by atoms with Crippen LogP contribution in [-0.4, -0.2) is 94.4 Å². The fourth-order valence-corrected chi connectivity index (χ4v) is 6.15. The quantitative estimate of drug-likeness (QED) is 0.543. The molecule has 2 aliphatic rings. The maximum absolute atomic E-state index is 13.0. The molecular weight excluding hydrogens is 444 g/mol. The summed E-state index contributed by atoms with van der Waals surface area (Å²) in [5.74, 6) is 1.30. The zero-order valence-corrected chi connectivity index (χ0v) is 20.9. The molecule has 0 aromatic heterocycles. The van der Waals surface area contributed by atoms with E-state index in [0.717, 1.165) is 31.2 Å². The van der Waals surface area contributed by atoms with E-state index in [2.05, 4.69) is 5.32 Å². The number of amides is 1. The molecule has 1 aromatic rings. The first-order chi connectivity index (χ1) is 15.8. The summed E-state index contributed by atoms with van der Waals surface area (Å²) in [6, 6.07) is 5.83. The third kappa shape index (κ3) is 6.81. The number of carbonyl (C=O) groups is 1. The summed E-state index contributed by atoms with van der Waals surface area (Å²) in [4.78, 5) is 14.4. The molecule has 0 bridgehead atoms. The van der Waals surface area contributed by atoms with E-state index in [-0.39, 0.29) is 18.5 Å². The first-order valence-electron chi connectivity index (χ1n) is 11.8. The molecule has 1 heterocycles. The van der Waals surface area contributed by atoms with Crippen molar-refractivity contribution in [1.29, 1.82) is 0 Å². The Balaban J connectivity index is 1.40. The Kier molecular flexibility index (Phi) is 9.37. The lowest BCUT2D eigenvalue weighted by atomic mass is 9.96. The average Bonchev–Trinajstić information content (AvgIpc) is 2.84. The molecule has 0 unspecified atom stereocenters. The highest BCUT2D eigenvalue weighted by Crippen LogP contribution is 2.27. The molecule has 33 heavy (non-hydrogen) atoms. The topological polar surface area (TPSA) is 91.4 Å². The van der Waals surface area contributed by atoms with Gasteiger partial charge in [-0.15, -0.1) is 0 Å². The van der Waals surface area contributed by atoms with E-state index in [4.69, 9.17) is 9.47 Å². The van der Waals surface area contributed by atoms with E-state index in [1.54, 1.807) is 29.9 Å². The number of rotatable bonds is 10. The molecule has 0 spiro atoms. The molecule has 10 heteroatoms. The lowest BCUT2D eigenvalue weighted by Crippen LogP contribution is -2.55. The van der Waals surface area contributed by atoms with E-state index in [9.17, 15) is 13.2 Å². The van der Waals surface area contributed by atoms with Crippen LogP contribution in [0.25, 0.3) is 0 Å². The number of nitrogens with zero attached hydrogens (tertiary/aromatic N) is 3. The van der Waals surface area contributed by atoms with Crippen LogP contribution in [0.4, 0.5) is 0 Å². The van der Waals surface area contributed by atoms with Crippen LogP contribution >= 0.6 is 0 Å². The molecule has 1 saturated heterocycles. The standard InChI is InChI=1S/C23H38N4O5S/c1-25(20-7-5-4-6-8-20)33(29,30)27-15-13-26(14-16-27)18-23(28)24-12-11-19-9-10-21(31-2)22(17-19)32-3/h9-10,17,20H,4-8,11-16,18H2,1-3H3,(H,24,28). The van der Waals surface area contributed by atoms with Crippen molar-refractivity contribution in [2.45, 2.75) is 44.6 Å². The highest BCUT2D eigenvalue weighted by molar-refractivity contribution is 7.86. The van der Waals surface area contributed by atoms with Gasteiger partial charge >= 0.3 is 0 Å². The second-order valence-electron chi connectivity index (χ2n) is 8.78. The maximum atomic E-state index is 13.0. The summed E-state index contributed by atoms with van der Waals surface area (Å²) >= 11 is 0. The average molecular weight is 483 g/mol. The fourth-order valence-electron chi connectivity index (χ4n) is 4.57. The minimum absolute atomic E-state index is 0.0499. The number of nitrogens with one attached hydrogen (secondary N) is 1. The molecule has 1 amide bonds. The first-order valence-corrected chi connectivity index (χ1v) is 13.2. The molecule has 2 fully saturated rings. The number of methoxy groups -OCH3 is 2. The molecule has 0 atom stereocenters. The minimum atomic E-state index is -3.45. The van der Waals surface area contributed by atoms with E-state index < -0.39 is 10.2 Å². The van der Waals surface area contributed by atoms with Gasteiger partial charge < -0.3 is 14.8 Å². The molecule has 1 saturated carbocycles. The van der Waals surface area contributed by atoms with Crippen LogP contribution < -0.4 is 14.8 Å². The fraction of sp³-hybridized carbons (Fsp3) is 0.696. The number of carbonyl (C=O) groups excluding carboxylic acids is 1. The van der Waals surface area contributed by atoms with E-state index in [1.807, 2.05) is 23.1 Å². The Labute approximate surface area is 198 Å². The predicted molar refractivity (Wildman–Crippen MR) is 128 cm³/mol. The highest BCUT2D eigenvalue weighted by atomic mass is 32.2. The van der Waals surface area contributed by atoms with Gasteiger partial charge in [0, 0.05) is 45.8 Å². The molecular formula is C23H38N4O5S. The van der Waals surface area contributed by atoms with Crippen LogP contribution in [0.1, 0.15) is 37.7 Å². The zero-order chi connectivity index (χ0) is 23.8. The van der Waals surface area contributed by atoms with Gasteiger partial charge in [-0.25, -0.2) is 0 Å². The van der Waals surface area contributed by atoms with Crippen molar-refractivity contribution in [2.24, 2.45) is 0 Å². The molecule has 3 rings (SSSR count). The molecule has 1 N–H and O–H groups in total. The number of hydrogen-bond acceptors (Lipinski definition) is 6. The van der Waals surface area contributed by atoms with E-state index >= 15 is 0 Å². The Morgan fingerprint density at radius 3 is 2.36 bits per heavy atom. The van der Waals surface area contributed by atoms with Gasteiger partial charge in [-0.3, -0.25) is 9.69 Å². The van der Waals surface area contributed by atoms with Crippen LogP contribution in [0.2, 0.25) is 0 Å². The first kappa shape index (κ1) is 25.7. The van der Waals surface area contributed by atoms with E-state index in [1.165, 1.54) is 6.42 Å². The van der Waals surface area contributed by atoms with Crippen LogP contribution in [0, 0.1) is 0 Å². The van der Waals surface area contributed by atoms with Gasteiger partial charge in [0.05, 0.1) is 20.8 Å². The lowest BCUT2D eigenvalue weighted by molar-refractivity contribution is -0.122. The zero-order valence-electron chi connectivity index (χ0n) is 20.1. The smallest absolute Gasteiger partial charge is 0.282 e. The number of hydrogen-bond donors (Lipinski definition) is 1. The van der Waals surface area contributed by atoms with Crippen molar-refractivity contribution in [3.8, 4) is 11.5 Å². The Morgan fingerprint density at radius 1 is 1.06 bits per heavy atom. The van der Waals surface area contributed by atoms with Gasteiger partial charge in [0.2, 0.25) is 5.91 Å². The third-order valence-corrected chi connectivity index (χ3v) is 8.71. The maximum Gasteiger partial charge on any atom is 0.282 e. The van der Waals surface area contributed by atoms with Crippen molar-refractivity contribution in [2.75, 3.05) is 60.5 Å².